The van der Waals surface area contributed by atoms with Gasteiger partial charge in [-0.2, -0.15) is 0 Å². The largest absolute Gasteiger partial charge is 0.377 e. The number of aromatic nitrogens is 1. The van der Waals surface area contributed by atoms with E-state index in [1.54, 1.807) is 7.05 Å². The molecule has 1 heterocycles. The van der Waals surface area contributed by atoms with Crippen molar-refractivity contribution < 1.29 is 13.9 Å². The number of hydrogen-bond acceptors (Lipinski definition) is 3. The second kappa shape index (κ2) is 6.66. The third-order valence-electron chi connectivity index (χ3n) is 2.26. The van der Waals surface area contributed by atoms with E-state index in [0.717, 1.165) is 12.3 Å². The quantitative estimate of drug-likeness (QED) is 0.774. The highest BCUT2D eigenvalue weighted by molar-refractivity contribution is 6.32. The fourth-order valence-electron chi connectivity index (χ4n) is 1.31. The third-order valence-corrected chi connectivity index (χ3v) is 2.56. The molecule has 0 unspecified atom stereocenters. The van der Waals surface area contributed by atoms with E-state index in [9.17, 15) is 9.18 Å². The standard InChI is InChI=1S/C12H16ClFN2O2/c1-8(2)18-5-4-16(3)12(17)10-6-9(14)7-15-11(10)13/h6-8H,4-5H2,1-3H3. The van der Waals surface area contributed by atoms with Gasteiger partial charge in [-0.1, -0.05) is 11.6 Å². The molecule has 0 spiro atoms. The first-order valence-corrected chi connectivity index (χ1v) is 5.97. The van der Waals surface area contributed by atoms with E-state index < -0.39 is 5.82 Å². The minimum atomic E-state index is -0.588. The molecule has 6 heteroatoms. The summed E-state index contributed by atoms with van der Waals surface area (Å²) in [5.41, 5.74) is 0.0590. The van der Waals surface area contributed by atoms with Crippen LogP contribution in [0.1, 0.15) is 24.2 Å². The number of rotatable bonds is 5. The number of halogens is 2. The van der Waals surface area contributed by atoms with Gasteiger partial charge in [-0.25, -0.2) is 9.37 Å². The van der Waals surface area contributed by atoms with E-state index in [2.05, 4.69) is 4.98 Å². The molecule has 0 fully saturated rings. The zero-order valence-corrected chi connectivity index (χ0v) is 11.4. The molecule has 100 valence electrons. The number of hydrogen-bond donors (Lipinski definition) is 0. The lowest BCUT2D eigenvalue weighted by atomic mass is 10.2. The van der Waals surface area contributed by atoms with Crippen LogP contribution in [0.3, 0.4) is 0 Å². The van der Waals surface area contributed by atoms with Crippen LogP contribution in [-0.2, 0) is 4.74 Å². The topological polar surface area (TPSA) is 42.4 Å². The lowest BCUT2D eigenvalue weighted by Crippen LogP contribution is -2.31. The molecule has 0 aliphatic carbocycles. The monoisotopic (exact) mass is 274 g/mol. The van der Waals surface area contributed by atoms with E-state index in [-0.39, 0.29) is 22.7 Å². The van der Waals surface area contributed by atoms with Gasteiger partial charge in [0.15, 0.2) is 0 Å². The van der Waals surface area contributed by atoms with Crippen molar-refractivity contribution in [1.29, 1.82) is 0 Å². The number of amides is 1. The molecule has 18 heavy (non-hydrogen) atoms. The van der Waals surface area contributed by atoms with Gasteiger partial charge in [0.2, 0.25) is 0 Å². The van der Waals surface area contributed by atoms with Gasteiger partial charge in [-0.05, 0) is 19.9 Å². The fourth-order valence-corrected chi connectivity index (χ4v) is 1.49. The maximum atomic E-state index is 13.0. The van der Waals surface area contributed by atoms with E-state index in [1.165, 1.54) is 4.90 Å². The number of likely N-dealkylation sites (N-methyl/N-ethyl adjacent to an activating group) is 1. The van der Waals surface area contributed by atoms with Gasteiger partial charge in [0.05, 0.1) is 24.5 Å². The van der Waals surface area contributed by atoms with Gasteiger partial charge in [0.25, 0.3) is 5.91 Å². The number of ether oxygens (including phenoxy) is 1. The minimum absolute atomic E-state index is 0.00183. The molecule has 0 N–H and O–H groups in total. The van der Waals surface area contributed by atoms with Crippen molar-refractivity contribution in [3.63, 3.8) is 0 Å². The van der Waals surface area contributed by atoms with Crippen molar-refractivity contribution in [2.24, 2.45) is 0 Å². The van der Waals surface area contributed by atoms with E-state index in [0.29, 0.717) is 13.2 Å². The number of carbonyl (C=O) groups is 1. The fraction of sp³-hybridized carbons (Fsp3) is 0.500. The Morgan fingerprint density at radius 3 is 2.89 bits per heavy atom. The van der Waals surface area contributed by atoms with Crippen molar-refractivity contribution in [3.8, 4) is 0 Å². The minimum Gasteiger partial charge on any atom is -0.377 e. The molecule has 0 aliphatic heterocycles. The van der Waals surface area contributed by atoms with Crippen molar-refractivity contribution in [3.05, 3.63) is 28.8 Å². The highest BCUT2D eigenvalue weighted by atomic mass is 35.5. The number of carbonyl (C=O) groups excluding carboxylic acids is 1. The summed E-state index contributed by atoms with van der Waals surface area (Å²) in [4.78, 5) is 17.0. The molecule has 1 rings (SSSR count). The summed E-state index contributed by atoms with van der Waals surface area (Å²) in [7, 11) is 1.60. The van der Waals surface area contributed by atoms with Gasteiger partial charge in [0, 0.05) is 13.6 Å². The molecular weight excluding hydrogens is 259 g/mol. The van der Waals surface area contributed by atoms with Crippen LogP contribution >= 0.6 is 11.6 Å². The smallest absolute Gasteiger partial charge is 0.256 e. The molecule has 0 aromatic carbocycles. The predicted molar refractivity (Wildman–Crippen MR) is 67.3 cm³/mol. The summed E-state index contributed by atoms with van der Waals surface area (Å²) in [5.74, 6) is -0.964. The van der Waals surface area contributed by atoms with Crippen LogP contribution < -0.4 is 0 Å². The molecule has 0 radical (unpaired) electrons. The van der Waals surface area contributed by atoms with Crippen molar-refractivity contribution in [2.75, 3.05) is 20.2 Å². The molecule has 0 saturated carbocycles. The first-order chi connectivity index (χ1) is 8.41. The van der Waals surface area contributed by atoms with E-state index in [4.69, 9.17) is 16.3 Å². The second-order valence-corrected chi connectivity index (χ2v) is 4.50. The van der Waals surface area contributed by atoms with E-state index in [1.807, 2.05) is 13.8 Å². The Hall–Kier alpha value is -1.20. The summed E-state index contributed by atoms with van der Waals surface area (Å²) in [5, 5.41) is -0.00183. The molecular formula is C12H16ClFN2O2. The van der Waals surface area contributed by atoms with Crippen LogP contribution in [0, 0.1) is 5.82 Å². The molecule has 0 aliphatic rings. The maximum absolute atomic E-state index is 13.0. The number of nitrogens with zero attached hydrogens (tertiary/aromatic N) is 2. The Kier molecular flexibility index (Phi) is 5.50. The Bertz CT molecular complexity index is 427. The summed E-state index contributed by atoms with van der Waals surface area (Å²) in [6, 6.07) is 1.08. The Labute approximate surface area is 111 Å². The summed E-state index contributed by atoms with van der Waals surface area (Å²) < 4.78 is 18.3. The lowest BCUT2D eigenvalue weighted by molar-refractivity contribution is 0.0531. The van der Waals surface area contributed by atoms with Crippen LogP contribution in [-0.4, -0.2) is 42.1 Å². The van der Waals surface area contributed by atoms with Crippen molar-refractivity contribution >= 4 is 17.5 Å². The summed E-state index contributed by atoms with van der Waals surface area (Å²) >= 11 is 5.76. The second-order valence-electron chi connectivity index (χ2n) is 4.14. The highest BCUT2D eigenvalue weighted by Crippen LogP contribution is 2.15. The van der Waals surface area contributed by atoms with Crippen molar-refractivity contribution in [2.45, 2.75) is 20.0 Å². The van der Waals surface area contributed by atoms with Crippen LogP contribution in [0.5, 0.6) is 0 Å². The van der Waals surface area contributed by atoms with Crippen LogP contribution in [0.2, 0.25) is 5.15 Å². The van der Waals surface area contributed by atoms with Crippen molar-refractivity contribution in [1.82, 2.24) is 9.88 Å². The molecule has 1 amide bonds. The van der Waals surface area contributed by atoms with Crippen LogP contribution in [0.15, 0.2) is 12.3 Å². The average Bonchev–Trinajstić information content (AvgIpc) is 2.30. The van der Waals surface area contributed by atoms with Crippen LogP contribution in [0.25, 0.3) is 0 Å². The van der Waals surface area contributed by atoms with Gasteiger partial charge >= 0.3 is 0 Å². The molecule has 0 atom stereocenters. The zero-order valence-electron chi connectivity index (χ0n) is 10.6. The molecule has 4 nitrogen and oxygen atoms in total. The Balaban J connectivity index is 2.65. The van der Waals surface area contributed by atoms with E-state index >= 15 is 0 Å². The Morgan fingerprint density at radius 1 is 1.61 bits per heavy atom. The molecule has 1 aromatic rings. The van der Waals surface area contributed by atoms with Gasteiger partial charge < -0.3 is 9.64 Å². The molecule has 0 bridgehead atoms. The van der Waals surface area contributed by atoms with Crippen LogP contribution in [0.4, 0.5) is 4.39 Å². The summed E-state index contributed by atoms with van der Waals surface area (Å²) in [6.07, 6.45) is 1.08. The maximum Gasteiger partial charge on any atom is 0.256 e. The molecule has 1 aromatic heterocycles. The Morgan fingerprint density at radius 2 is 2.28 bits per heavy atom. The zero-order chi connectivity index (χ0) is 13.7. The average molecular weight is 275 g/mol. The molecule has 0 saturated heterocycles. The number of pyridine rings is 1. The van der Waals surface area contributed by atoms with Gasteiger partial charge in [-0.3, -0.25) is 4.79 Å². The first-order valence-electron chi connectivity index (χ1n) is 5.60. The third kappa shape index (κ3) is 4.23. The first kappa shape index (κ1) is 14.9. The SMILES string of the molecule is CC(C)OCCN(C)C(=O)c1cc(F)cnc1Cl. The lowest BCUT2D eigenvalue weighted by Gasteiger charge is -2.18. The van der Waals surface area contributed by atoms with Gasteiger partial charge in [0.1, 0.15) is 11.0 Å². The van der Waals surface area contributed by atoms with Gasteiger partial charge in [-0.15, -0.1) is 0 Å². The highest BCUT2D eigenvalue weighted by Gasteiger charge is 2.16. The summed E-state index contributed by atoms with van der Waals surface area (Å²) in [6.45, 7) is 4.65. The predicted octanol–water partition coefficient (Wildman–Crippen LogP) is 2.37. The normalized spacial score (nSPS) is 10.8.